The zero-order valence-corrected chi connectivity index (χ0v) is 19.8. The third-order valence-corrected chi connectivity index (χ3v) is 7.71. The van der Waals surface area contributed by atoms with E-state index in [1.54, 1.807) is 24.5 Å². The molecule has 11 heteroatoms. The molecule has 186 valence electrons. The van der Waals surface area contributed by atoms with Crippen LogP contribution in [0.3, 0.4) is 0 Å². The Labute approximate surface area is 210 Å². The van der Waals surface area contributed by atoms with Gasteiger partial charge in [-0.2, -0.15) is 10.1 Å². The highest BCUT2D eigenvalue weighted by Crippen LogP contribution is 2.40. The van der Waals surface area contributed by atoms with Crippen molar-refractivity contribution in [3.63, 3.8) is 0 Å². The van der Waals surface area contributed by atoms with Crippen LogP contribution in [0.15, 0.2) is 30.6 Å². The van der Waals surface area contributed by atoms with E-state index in [0.717, 1.165) is 35.1 Å². The van der Waals surface area contributed by atoms with Gasteiger partial charge in [-0.3, -0.25) is 5.10 Å². The number of aromatic amines is 2. The van der Waals surface area contributed by atoms with Gasteiger partial charge in [-0.15, -0.1) is 0 Å². The van der Waals surface area contributed by atoms with Crippen molar-refractivity contribution < 1.29 is 23.7 Å². The molecule has 1 unspecified atom stereocenters. The molecule has 3 aliphatic rings. The fourth-order valence-electron chi connectivity index (χ4n) is 5.65. The summed E-state index contributed by atoms with van der Waals surface area (Å²) in [6.07, 6.45) is 3.83. The molecule has 0 saturated carbocycles. The molecule has 0 spiro atoms. The number of imidazole rings is 1. The topological polar surface area (TPSA) is 118 Å². The number of aryl methyl sites for hydroxylation is 1. The number of fused-ring (bicyclic) bond motifs is 3. The van der Waals surface area contributed by atoms with E-state index in [4.69, 9.17) is 25.8 Å². The molecular formula is C25H23ClFN5O4. The molecule has 3 N–H and O–H groups in total. The summed E-state index contributed by atoms with van der Waals surface area (Å²) in [5, 5.41) is 17.2. The minimum Gasteiger partial charge on any atom is -0.456 e. The van der Waals surface area contributed by atoms with Crippen LogP contribution in [0.4, 0.5) is 4.39 Å². The molecule has 7 rings (SSSR count). The van der Waals surface area contributed by atoms with E-state index >= 15 is 4.39 Å². The highest BCUT2D eigenvalue weighted by Gasteiger charge is 2.48. The van der Waals surface area contributed by atoms with Gasteiger partial charge in [0.1, 0.15) is 24.1 Å². The lowest BCUT2D eigenvalue weighted by atomic mass is 9.93. The molecule has 1 aromatic carbocycles. The van der Waals surface area contributed by atoms with Gasteiger partial charge in [0.2, 0.25) is 0 Å². The van der Waals surface area contributed by atoms with Crippen LogP contribution < -0.4 is 4.74 Å². The maximum Gasteiger partial charge on any atom is 0.296 e. The molecule has 0 radical (unpaired) electrons. The number of aromatic nitrogens is 5. The van der Waals surface area contributed by atoms with Crippen LogP contribution in [0.5, 0.6) is 6.01 Å². The van der Waals surface area contributed by atoms with Crippen LogP contribution in [0, 0.1) is 5.82 Å². The van der Waals surface area contributed by atoms with Crippen LogP contribution in [0.2, 0.25) is 5.02 Å². The van der Waals surface area contributed by atoms with Crippen LogP contribution >= 0.6 is 11.6 Å². The summed E-state index contributed by atoms with van der Waals surface area (Å²) < 4.78 is 32.4. The van der Waals surface area contributed by atoms with E-state index in [1.165, 1.54) is 0 Å². The molecule has 0 amide bonds. The van der Waals surface area contributed by atoms with Gasteiger partial charge in [0.05, 0.1) is 35.6 Å². The Balaban J connectivity index is 1.12. The minimum absolute atomic E-state index is 0.0194. The number of nitrogens with zero attached hydrogens (tertiary/aromatic N) is 3. The molecule has 9 nitrogen and oxygen atoms in total. The normalized spacial score (nSPS) is 27.0. The highest BCUT2D eigenvalue weighted by atomic mass is 35.5. The largest absolute Gasteiger partial charge is 0.456 e. The number of pyridine rings is 1. The van der Waals surface area contributed by atoms with E-state index in [1.807, 2.05) is 6.07 Å². The molecule has 0 bridgehead atoms. The zero-order chi connectivity index (χ0) is 24.4. The SMILES string of the molecule is O[C@@H]1CO[C@H]2[C@@H]1OC[C@H]2Oc1nc2nc(CC3CCc4cc(-c5cn[nH]c5)cc(F)c43)c(Cl)cc2[nH]1. The number of H-pyrrole nitrogens is 2. The average Bonchev–Trinajstić information content (AvgIpc) is 3.66. The standard InChI is InChI=1S/C25H23ClFN5O4/c26-15-6-18-24(32-25(31-18)36-20-10-35-22-19(33)9-34-23(20)22)30-17(15)5-12-2-1-11-3-13(4-16(27)21(11)12)14-7-28-29-8-14/h3-4,6-8,12,19-20,22-23,33H,1-2,5,9-10H2,(H,28,29)(H,30,31,32)/t12?,19-,20-,22-,23-/m1/s1. The fourth-order valence-corrected chi connectivity index (χ4v) is 5.87. The second kappa shape index (κ2) is 8.52. The monoisotopic (exact) mass is 511 g/mol. The first-order valence-electron chi connectivity index (χ1n) is 12.0. The predicted molar refractivity (Wildman–Crippen MR) is 128 cm³/mol. The first kappa shape index (κ1) is 22.2. The molecule has 5 heterocycles. The Kier molecular flexibility index (Phi) is 5.24. The van der Waals surface area contributed by atoms with Crippen molar-refractivity contribution in [2.45, 2.75) is 49.6 Å². The van der Waals surface area contributed by atoms with Gasteiger partial charge in [-0.1, -0.05) is 17.7 Å². The maximum absolute atomic E-state index is 15.2. The predicted octanol–water partition coefficient (Wildman–Crippen LogP) is 3.32. The number of ether oxygens (including phenoxy) is 3. The van der Waals surface area contributed by atoms with E-state index < -0.39 is 6.10 Å². The van der Waals surface area contributed by atoms with Crippen molar-refractivity contribution in [1.29, 1.82) is 0 Å². The van der Waals surface area contributed by atoms with E-state index in [0.29, 0.717) is 34.9 Å². The second-order valence-corrected chi connectivity index (χ2v) is 10.0. The smallest absolute Gasteiger partial charge is 0.296 e. The molecule has 5 atom stereocenters. The molecule has 1 aliphatic carbocycles. The summed E-state index contributed by atoms with van der Waals surface area (Å²) in [5.41, 5.74) is 5.22. The van der Waals surface area contributed by atoms with E-state index in [2.05, 4.69) is 25.1 Å². The molecule has 2 saturated heterocycles. The number of aliphatic hydroxyl groups is 1. The van der Waals surface area contributed by atoms with Crippen molar-refractivity contribution in [2.24, 2.45) is 0 Å². The number of nitrogens with one attached hydrogen (secondary N) is 2. The molecule has 3 aromatic heterocycles. The summed E-state index contributed by atoms with van der Waals surface area (Å²) in [4.78, 5) is 12.3. The van der Waals surface area contributed by atoms with Crippen molar-refractivity contribution in [3.8, 4) is 17.1 Å². The molecule has 4 aromatic rings. The lowest BCUT2D eigenvalue weighted by Crippen LogP contribution is -2.34. The van der Waals surface area contributed by atoms with Gasteiger partial charge < -0.3 is 24.3 Å². The summed E-state index contributed by atoms with van der Waals surface area (Å²) in [5.74, 6) is -0.232. The zero-order valence-electron chi connectivity index (χ0n) is 19.1. The maximum atomic E-state index is 15.2. The van der Waals surface area contributed by atoms with Crippen molar-refractivity contribution in [3.05, 3.63) is 58.3 Å². The summed E-state index contributed by atoms with van der Waals surface area (Å²) >= 11 is 6.59. The average molecular weight is 512 g/mol. The first-order chi connectivity index (χ1) is 17.5. The van der Waals surface area contributed by atoms with Crippen LogP contribution in [0.25, 0.3) is 22.3 Å². The Morgan fingerprint density at radius 2 is 2.03 bits per heavy atom. The third kappa shape index (κ3) is 3.67. The lowest BCUT2D eigenvalue weighted by molar-refractivity contribution is 0.00706. The number of rotatable bonds is 5. The van der Waals surface area contributed by atoms with Crippen molar-refractivity contribution in [2.75, 3.05) is 13.2 Å². The third-order valence-electron chi connectivity index (χ3n) is 7.38. The van der Waals surface area contributed by atoms with Crippen LogP contribution in [-0.4, -0.2) is 67.9 Å². The van der Waals surface area contributed by atoms with E-state index in [-0.39, 0.29) is 42.7 Å². The van der Waals surface area contributed by atoms with Crippen LogP contribution in [-0.2, 0) is 22.3 Å². The summed E-state index contributed by atoms with van der Waals surface area (Å²) in [7, 11) is 0. The van der Waals surface area contributed by atoms with Crippen molar-refractivity contribution in [1.82, 2.24) is 25.1 Å². The Morgan fingerprint density at radius 3 is 2.89 bits per heavy atom. The van der Waals surface area contributed by atoms with Gasteiger partial charge >= 0.3 is 0 Å². The van der Waals surface area contributed by atoms with E-state index in [9.17, 15) is 5.11 Å². The van der Waals surface area contributed by atoms with Gasteiger partial charge in [0.15, 0.2) is 11.8 Å². The molecule has 36 heavy (non-hydrogen) atoms. The molecule has 2 fully saturated rings. The lowest BCUT2D eigenvalue weighted by Gasteiger charge is -2.15. The first-order valence-corrected chi connectivity index (χ1v) is 12.4. The van der Waals surface area contributed by atoms with Crippen molar-refractivity contribution >= 4 is 22.8 Å². The van der Waals surface area contributed by atoms with Gasteiger partial charge in [0.25, 0.3) is 6.01 Å². The molecule has 2 aliphatic heterocycles. The van der Waals surface area contributed by atoms with Gasteiger partial charge in [-0.05, 0) is 54.0 Å². The van der Waals surface area contributed by atoms with Gasteiger partial charge in [-0.25, -0.2) is 9.37 Å². The second-order valence-electron chi connectivity index (χ2n) is 9.61. The minimum atomic E-state index is -0.648. The fraction of sp³-hybridized carbons (Fsp3) is 0.400. The number of hydrogen-bond acceptors (Lipinski definition) is 7. The highest BCUT2D eigenvalue weighted by molar-refractivity contribution is 6.31. The quantitative estimate of drug-likeness (QED) is 0.376. The Morgan fingerprint density at radius 1 is 1.14 bits per heavy atom. The Hall–Kier alpha value is -3.05. The summed E-state index contributed by atoms with van der Waals surface area (Å²) in [6, 6.07) is 5.68. The Bertz CT molecular complexity index is 1440. The van der Waals surface area contributed by atoms with Gasteiger partial charge in [0, 0.05) is 11.8 Å². The number of benzene rings is 1. The van der Waals surface area contributed by atoms with Crippen LogP contribution in [0.1, 0.15) is 29.2 Å². The number of aliphatic hydroxyl groups excluding tert-OH is 1. The number of halogens is 2. The summed E-state index contributed by atoms with van der Waals surface area (Å²) in [6.45, 7) is 0.531. The molecular weight excluding hydrogens is 489 g/mol. The number of hydrogen-bond donors (Lipinski definition) is 3.